The second-order valence-electron chi connectivity index (χ2n) is 3.67. The fraction of sp³-hybridized carbons (Fsp3) is 0.417. The molecule has 0 saturated carbocycles. The molecule has 1 rings (SSSR count). The molecule has 0 fully saturated rings. The molecule has 6 heteroatoms. The molecule has 0 bridgehead atoms. The second kappa shape index (κ2) is 6.89. The van der Waals surface area contributed by atoms with Crippen molar-refractivity contribution in [1.82, 2.24) is 0 Å². The van der Waals surface area contributed by atoms with Crippen LogP contribution in [0, 0.1) is 0 Å². The van der Waals surface area contributed by atoms with E-state index in [9.17, 15) is 18.0 Å². The molecular formula is C12H12BrF3O2. The zero-order chi connectivity index (χ0) is 13.6. The van der Waals surface area contributed by atoms with Gasteiger partial charge in [-0.25, -0.2) is 0 Å². The number of rotatable bonds is 6. The van der Waals surface area contributed by atoms with E-state index in [0.717, 1.165) is 0 Å². The Morgan fingerprint density at radius 1 is 1.28 bits per heavy atom. The molecule has 0 heterocycles. The summed E-state index contributed by atoms with van der Waals surface area (Å²) in [5.74, 6) is -0.255. The normalized spacial score (nSPS) is 11.6. The summed E-state index contributed by atoms with van der Waals surface area (Å²) in [6.45, 7) is -0.282. The van der Waals surface area contributed by atoms with Gasteiger partial charge in [0.2, 0.25) is 0 Å². The van der Waals surface area contributed by atoms with E-state index in [-0.39, 0.29) is 25.4 Å². The molecule has 0 unspecified atom stereocenters. The molecule has 0 amide bonds. The van der Waals surface area contributed by atoms with Crippen LogP contribution in [0.1, 0.15) is 23.2 Å². The lowest BCUT2D eigenvalue weighted by Gasteiger charge is -2.07. The van der Waals surface area contributed by atoms with E-state index in [0.29, 0.717) is 10.0 Å². The van der Waals surface area contributed by atoms with E-state index in [1.54, 1.807) is 24.3 Å². The highest BCUT2D eigenvalue weighted by Gasteiger charge is 2.26. The molecule has 1 aromatic rings. The first-order valence-electron chi connectivity index (χ1n) is 5.32. The fourth-order valence-electron chi connectivity index (χ4n) is 1.30. The van der Waals surface area contributed by atoms with E-state index in [1.165, 1.54) is 0 Å². The highest BCUT2D eigenvalue weighted by Crippen LogP contribution is 2.21. The number of carbonyl (C=O) groups is 1. The minimum atomic E-state index is -4.17. The number of hydrogen-bond donors (Lipinski definition) is 0. The van der Waals surface area contributed by atoms with Gasteiger partial charge in [0.05, 0.1) is 0 Å². The summed E-state index contributed by atoms with van der Waals surface area (Å²) in [5, 5.41) is 0. The highest BCUT2D eigenvalue weighted by atomic mass is 79.9. The lowest BCUT2D eigenvalue weighted by molar-refractivity contribution is -0.137. The van der Waals surface area contributed by atoms with E-state index in [2.05, 4.69) is 15.9 Å². The second-order valence-corrected chi connectivity index (χ2v) is 4.53. The van der Waals surface area contributed by atoms with Crippen LogP contribution in [0.5, 0.6) is 0 Å². The Hall–Kier alpha value is -0.880. The monoisotopic (exact) mass is 324 g/mol. The van der Waals surface area contributed by atoms with Gasteiger partial charge in [0.25, 0.3) is 0 Å². The fourth-order valence-corrected chi connectivity index (χ4v) is 1.81. The molecule has 0 radical (unpaired) electrons. The Balaban J connectivity index is 2.28. The molecule has 100 valence electrons. The number of hydrogen-bond acceptors (Lipinski definition) is 2. The number of Topliss-reactive ketones (excluding diaryl/α,β-unsaturated/α-hetero) is 1. The Labute approximate surface area is 111 Å². The summed E-state index contributed by atoms with van der Waals surface area (Å²) in [6, 6.07) is 6.83. The van der Waals surface area contributed by atoms with Crippen LogP contribution in [0.2, 0.25) is 0 Å². The van der Waals surface area contributed by atoms with Crippen LogP contribution >= 0.6 is 15.9 Å². The lowest BCUT2D eigenvalue weighted by atomic mass is 10.1. The summed E-state index contributed by atoms with van der Waals surface area (Å²) >= 11 is 3.22. The Bertz CT molecular complexity index is 405. The van der Waals surface area contributed by atoms with E-state index in [4.69, 9.17) is 4.74 Å². The van der Waals surface area contributed by atoms with Crippen molar-refractivity contribution < 1.29 is 22.7 Å². The van der Waals surface area contributed by atoms with Crippen LogP contribution in [-0.2, 0) is 4.74 Å². The molecule has 2 nitrogen and oxygen atoms in total. The van der Waals surface area contributed by atoms with Crippen molar-refractivity contribution in [2.24, 2.45) is 0 Å². The van der Waals surface area contributed by atoms with Gasteiger partial charge in [-0.1, -0.05) is 34.1 Å². The van der Waals surface area contributed by atoms with Gasteiger partial charge in [0, 0.05) is 23.1 Å². The average Bonchev–Trinajstić information content (AvgIpc) is 2.27. The van der Waals surface area contributed by atoms with Crippen LogP contribution in [0.3, 0.4) is 0 Å². The molecular weight excluding hydrogens is 313 g/mol. The number of carbonyl (C=O) groups excluding carboxylic acids is 1. The maximum Gasteiger partial charge on any atom is 0.389 e. The first-order valence-corrected chi connectivity index (χ1v) is 6.11. The zero-order valence-corrected chi connectivity index (χ0v) is 11.1. The van der Waals surface area contributed by atoms with Crippen LogP contribution in [0.25, 0.3) is 0 Å². The number of ketones is 1. The zero-order valence-electron chi connectivity index (χ0n) is 9.47. The number of alkyl halides is 3. The molecule has 0 saturated heterocycles. The minimum Gasteiger partial charge on any atom is -0.373 e. The Kier molecular flexibility index (Phi) is 5.81. The topological polar surface area (TPSA) is 26.3 Å². The first kappa shape index (κ1) is 15.2. The summed E-state index contributed by atoms with van der Waals surface area (Å²) in [7, 11) is 0. The molecule has 0 aliphatic heterocycles. The molecule has 0 N–H and O–H groups in total. The van der Waals surface area contributed by atoms with E-state index < -0.39 is 12.6 Å². The maximum atomic E-state index is 11.8. The smallest absolute Gasteiger partial charge is 0.373 e. The van der Waals surface area contributed by atoms with Gasteiger partial charge in [-0.3, -0.25) is 4.79 Å². The van der Waals surface area contributed by atoms with E-state index in [1.807, 2.05) is 0 Å². The summed E-state index contributed by atoms with van der Waals surface area (Å²) in [6.07, 6.45) is -5.20. The number of benzene rings is 1. The van der Waals surface area contributed by atoms with Gasteiger partial charge in [-0.2, -0.15) is 13.2 Å². The maximum absolute atomic E-state index is 11.8. The summed E-state index contributed by atoms with van der Waals surface area (Å²) < 4.78 is 41.1. The Morgan fingerprint density at radius 2 is 1.94 bits per heavy atom. The molecule has 0 spiro atoms. The largest absolute Gasteiger partial charge is 0.389 e. The van der Waals surface area contributed by atoms with Crippen molar-refractivity contribution in [3.8, 4) is 0 Å². The standard InChI is InChI=1S/C12H12BrF3O2/c13-10-5-2-1-4-9(10)11(17)8-18-7-3-6-12(14,15)16/h1-2,4-5H,3,6-8H2. The van der Waals surface area contributed by atoms with Crippen molar-refractivity contribution in [3.05, 3.63) is 34.3 Å². The van der Waals surface area contributed by atoms with Gasteiger partial charge in [-0.15, -0.1) is 0 Å². The molecule has 0 aliphatic carbocycles. The Morgan fingerprint density at radius 3 is 2.56 bits per heavy atom. The predicted molar refractivity (Wildman–Crippen MR) is 64.6 cm³/mol. The van der Waals surface area contributed by atoms with Crippen LogP contribution in [0.4, 0.5) is 13.2 Å². The molecule has 1 aromatic carbocycles. The summed E-state index contributed by atoms with van der Waals surface area (Å²) in [4.78, 5) is 11.6. The van der Waals surface area contributed by atoms with Crippen molar-refractivity contribution in [3.63, 3.8) is 0 Å². The van der Waals surface area contributed by atoms with Crippen LogP contribution in [-0.4, -0.2) is 25.2 Å². The molecule has 0 atom stereocenters. The first-order chi connectivity index (χ1) is 8.40. The van der Waals surface area contributed by atoms with Gasteiger partial charge in [-0.05, 0) is 12.5 Å². The predicted octanol–water partition coefficient (Wildman–Crippen LogP) is 3.99. The van der Waals surface area contributed by atoms with Gasteiger partial charge in [0.1, 0.15) is 6.61 Å². The third kappa shape index (κ3) is 5.64. The van der Waals surface area contributed by atoms with Crippen molar-refractivity contribution in [2.75, 3.05) is 13.2 Å². The number of ether oxygens (including phenoxy) is 1. The molecule has 18 heavy (non-hydrogen) atoms. The van der Waals surface area contributed by atoms with Gasteiger partial charge >= 0.3 is 6.18 Å². The average molecular weight is 325 g/mol. The third-order valence-corrected chi connectivity index (χ3v) is 2.85. The van der Waals surface area contributed by atoms with Crippen LogP contribution in [0.15, 0.2) is 28.7 Å². The van der Waals surface area contributed by atoms with Crippen molar-refractivity contribution in [1.29, 1.82) is 0 Å². The van der Waals surface area contributed by atoms with Gasteiger partial charge in [0.15, 0.2) is 5.78 Å². The van der Waals surface area contributed by atoms with Gasteiger partial charge < -0.3 is 4.74 Å². The van der Waals surface area contributed by atoms with Crippen LogP contribution < -0.4 is 0 Å². The SMILES string of the molecule is O=C(COCCCC(F)(F)F)c1ccccc1Br. The number of halogens is 4. The van der Waals surface area contributed by atoms with Crippen molar-refractivity contribution in [2.45, 2.75) is 19.0 Å². The summed E-state index contributed by atoms with van der Waals surface area (Å²) in [5.41, 5.74) is 0.466. The third-order valence-electron chi connectivity index (χ3n) is 2.16. The van der Waals surface area contributed by atoms with Crippen molar-refractivity contribution >= 4 is 21.7 Å². The quantitative estimate of drug-likeness (QED) is 0.584. The molecule has 0 aliphatic rings. The lowest BCUT2D eigenvalue weighted by Crippen LogP contribution is -2.13. The highest BCUT2D eigenvalue weighted by molar-refractivity contribution is 9.10. The minimum absolute atomic E-state index is 0.0737. The van der Waals surface area contributed by atoms with E-state index >= 15 is 0 Å². The molecule has 0 aromatic heterocycles.